The van der Waals surface area contributed by atoms with Crippen molar-refractivity contribution in [2.45, 2.75) is 13.5 Å². The van der Waals surface area contributed by atoms with E-state index in [1.165, 1.54) is 11.8 Å². The molecule has 0 aromatic heterocycles. The van der Waals surface area contributed by atoms with Gasteiger partial charge in [0.2, 0.25) is 0 Å². The van der Waals surface area contributed by atoms with Crippen LogP contribution < -0.4 is 20.6 Å². The molecule has 6 nitrogen and oxygen atoms in total. The first-order valence-electron chi connectivity index (χ1n) is 9.11. The summed E-state index contributed by atoms with van der Waals surface area (Å²) in [6.45, 7) is 2.49. The second kappa shape index (κ2) is 9.41. The largest absolute Gasteiger partial charge is 0.493 e. The fourth-order valence-corrected chi connectivity index (χ4v) is 2.66. The van der Waals surface area contributed by atoms with E-state index in [-0.39, 0.29) is 5.91 Å². The van der Waals surface area contributed by atoms with Crippen LogP contribution in [0.5, 0.6) is 11.5 Å². The lowest BCUT2D eigenvalue weighted by Crippen LogP contribution is -2.19. The maximum atomic E-state index is 12.1. The molecule has 0 fully saturated rings. The number of ether oxygens (including phenoxy) is 2. The standard InChI is InChI=1S/C23H23N3O3/c1-16-7-9-17(10-8-16)15-29-21-12-11-18(13-22(21)28-2)14-25-26-23(27)19-5-3-4-6-20(19)24/h3-14H,15,24H2,1-2H3,(H,26,27)/b25-14-. The molecule has 0 saturated heterocycles. The Morgan fingerprint density at radius 1 is 1.07 bits per heavy atom. The topological polar surface area (TPSA) is 85.9 Å². The Morgan fingerprint density at radius 2 is 1.83 bits per heavy atom. The number of nitrogens with two attached hydrogens (primary N) is 1. The van der Waals surface area contributed by atoms with E-state index in [1.54, 1.807) is 37.4 Å². The molecule has 0 saturated carbocycles. The summed E-state index contributed by atoms with van der Waals surface area (Å²) in [6.07, 6.45) is 1.53. The molecule has 0 bridgehead atoms. The number of hydrazone groups is 1. The number of anilines is 1. The van der Waals surface area contributed by atoms with Crippen LogP contribution in [0.2, 0.25) is 0 Å². The molecule has 0 aliphatic rings. The number of aryl methyl sites for hydroxylation is 1. The van der Waals surface area contributed by atoms with Crippen molar-refractivity contribution in [3.05, 3.63) is 89.0 Å². The molecule has 29 heavy (non-hydrogen) atoms. The van der Waals surface area contributed by atoms with Crippen molar-refractivity contribution in [2.75, 3.05) is 12.8 Å². The van der Waals surface area contributed by atoms with Gasteiger partial charge >= 0.3 is 0 Å². The number of nitrogens with zero attached hydrogens (tertiary/aromatic N) is 1. The molecule has 3 aromatic carbocycles. The Morgan fingerprint density at radius 3 is 2.55 bits per heavy atom. The molecular weight excluding hydrogens is 366 g/mol. The zero-order valence-electron chi connectivity index (χ0n) is 16.4. The van der Waals surface area contributed by atoms with Gasteiger partial charge in [0.25, 0.3) is 5.91 Å². The number of nitrogens with one attached hydrogen (secondary N) is 1. The summed E-state index contributed by atoms with van der Waals surface area (Å²) in [6, 6.07) is 20.4. The minimum atomic E-state index is -0.371. The second-order valence-corrected chi connectivity index (χ2v) is 6.47. The molecule has 0 unspecified atom stereocenters. The van der Waals surface area contributed by atoms with Crippen molar-refractivity contribution in [3.8, 4) is 11.5 Å². The number of benzene rings is 3. The van der Waals surface area contributed by atoms with Crippen molar-refractivity contribution < 1.29 is 14.3 Å². The highest BCUT2D eigenvalue weighted by Crippen LogP contribution is 2.28. The third kappa shape index (κ3) is 5.35. The van der Waals surface area contributed by atoms with Crippen LogP contribution in [0.15, 0.2) is 71.8 Å². The molecule has 3 aromatic rings. The van der Waals surface area contributed by atoms with Gasteiger partial charge in [0.15, 0.2) is 11.5 Å². The van der Waals surface area contributed by atoms with Gasteiger partial charge in [0.05, 0.1) is 18.9 Å². The molecule has 0 radical (unpaired) electrons. The molecule has 0 spiro atoms. The normalized spacial score (nSPS) is 10.7. The Bertz CT molecular complexity index is 1010. The van der Waals surface area contributed by atoms with Gasteiger partial charge in [0.1, 0.15) is 6.61 Å². The third-order valence-electron chi connectivity index (χ3n) is 4.29. The molecule has 0 atom stereocenters. The van der Waals surface area contributed by atoms with Gasteiger partial charge in [-0.3, -0.25) is 4.79 Å². The van der Waals surface area contributed by atoms with Gasteiger partial charge < -0.3 is 15.2 Å². The fourth-order valence-electron chi connectivity index (χ4n) is 2.66. The third-order valence-corrected chi connectivity index (χ3v) is 4.29. The van der Waals surface area contributed by atoms with E-state index >= 15 is 0 Å². The van der Waals surface area contributed by atoms with Crippen LogP contribution in [0.25, 0.3) is 0 Å². The summed E-state index contributed by atoms with van der Waals surface area (Å²) in [7, 11) is 1.58. The quantitative estimate of drug-likeness (QED) is 0.364. The van der Waals surface area contributed by atoms with E-state index < -0.39 is 0 Å². The molecule has 3 rings (SSSR count). The van der Waals surface area contributed by atoms with Gasteiger partial charge in [-0.05, 0) is 48.4 Å². The Hall–Kier alpha value is -3.80. The predicted octanol–water partition coefficient (Wildman–Crippen LogP) is 3.93. The Kier molecular flexibility index (Phi) is 6.47. The second-order valence-electron chi connectivity index (χ2n) is 6.47. The lowest BCUT2D eigenvalue weighted by atomic mass is 10.1. The van der Waals surface area contributed by atoms with Gasteiger partial charge in [-0.2, -0.15) is 5.10 Å². The van der Waals surface area contributed by atoms with Crippen LogP contribution >= 0.6 is 0 Å². The Labute approximate surface area is 170 Å². The number of hydrogen-bond donors (Lipinski definition) is 2. The highest BCUT2D eigenvalue weighted by Gasteiger charge is 2.08. The minimum absolute atomic E-state index is 0.371. The summed E-state index contributed by atoms with van der Waals surface area (Å²) < 4.78 is 11.3. The summed E-state index contributed by atoms with van der Waals surface area (Å²) in [5.74, 6) is 0.843. The number of para-hydroxylation sites is 1. The highest BCUT2D eigenvalue weighted by molar-refractivity contribution is 5.99. The molecule has 3 N–H and O–H groups in total. The van der Waals surface area contributed by atoms with E-state index in [4.69, 9.17) is 15.2 Å². The number of methoxy groups -OCH3 is 1. The van der Waals surface area contributed by atoms with Crippen LogP contribution in [-0.2, 0) is 6.61 Å². The number of carbonyl (C=O) groups excluding carboxylic acids is 1. The number of nitrogen functional groups attached to an aromatic ring is 1. The van der Waals surface area contributed by atoms with Crippen molar-refractivity contribution in [1.82, 2.24) is 5.43 Å². The SMILES string of the molecule is COc1cc(/C=N\NC(=O)c2ccccc2N)ccc1OCc1ccc(C)cc1. The predicted molar refractivity (Wildman–Crippen MR) is 114 cm³/mol. The average molecular weight is 389 g/mol. The van der Waals surface area contributed by atoms with Crippen LogP contribution in [0, 0.1) is 6.92 Å². The van der Waals surface area contributed by atoms with Crippen molar-refractivity contribution in [2.24, 2.45) is 5.10 Å². The minimum Gasteiger partial charge on any atom is -0.493 e. The number of rotatable bonds is 7. The smallest absolute Gasteiger partial charge is 0.273 e. The summed E-state index contributed by atoms with van der Waals surface area (Å²) >= 11 is 0. The number of hydrogen-bond acceptors (Lipinski definition) is 5. The van der Waals surface area contributed by atoms with Crippen molar-refractivity contribution in [1.29, 1.82) is 0 Å². The molecule has 0 heterocycles. The van der Waals surface area contributed by atoms with E-state index in [0.717, 1.165) is 11.1 Å². The fraction of sp³-hybridized carbons (Fsp3) is 0.130. The Balaban J connectivity index is 1.63. The van der Waals surface area contributed by atoms with E-state index in [9.17, 15) is 4.79 Å². The van der Waals surface area contributed by atoms with E-state index in [2.05, 4.69) is 10.5 Å². The van der Waals surface area contributed by atoms with Crippen molar-refractivity contribution >= 4 is 17.8 Å². The van der Waals surface area contributed by atoms with Gasteiger partial charge in [-0.25, -0.2) is 5.43 Å². The van der Waals surface area contributed by atoms with Gasteiger partial charge in [-0.1, -0.05) is 42.0 Å². The molecule has 148 valence electrons. The van der Waals surface area contributed by atoms with Crippen LogP contribution in [0.1, 0.15) is 27.0 Å². The van der Waals surface area contributed by atoms with Crippen LogP contribution in [0.3, 0.4) is 0 Å². The molecule has 6 heteroatoms. The molecule has 0 aliphatic carbocycles. The summed E-state index contributed by atoms with van der Waals surface area (Å²) in [5.41, 5.74) is 12.1. The summed E-state index contributed by atoms with van der Waals surface area (Å²) in [5, 5.41) is 3.99. The molecule has 1 amide bonds. The average Bonchev–Trinajstić information content (AvgIpc) is 2.74. The molecule has 0 aliphatic heterocycles. The van der Waals surface area contributed by atoms with Gasteiger partial charge in [-0.15, -0.1) is 0 Å². The molecular formula is C23H23N3O3. The number of carbonyl (C=O) groups is 1. The van der Waals surface area contributed by atoms with E-state index in [1.807, 2.05) is 43.3 Å². The number of amides is 1. The zero-order valence-corrected chi connectivity index (χ0v) is 16.4. The lowest BCUT2D eigenvalue weighted by molar-refractivity contribution is 0.0956. The van der Waals surface area contributed by atoms with Crippen molar-refractivity contribution in [3.63, 3.8) is 0 Å². The first kappa shape index (κ1) is 19.9. The highest BCUT2D eigenvalue weighted by atomic mass is 16.5. The van der Waals surface area contributed by atoms with E-state index in [0.29, 0.717) is 29.4 Å². The first-order chi connectivity index (χ1) is 14.1. The maximum absolute atomic E-state index is 12.1. The maximum Gasteiger partial charge on any atom is 0.273 e. The first-order valence-corrected chi connectivity index (χ1v) is 9.11. The summed E-state index contributed by atoms with van der Waals surface area (Å²) in [4.78, 5) is 12.1. The monoisotopic (exact) mass is 389 g/mol. The van der Waals surface area contributed by atoms with Crippen LogP contribution in [-0.4, -0.2) is 19.2 Å². The lowest BCUT2D eigenvalue weighted by Gasteiger charge is -2.11. The van der Waals surface area contributed by atoms with Gasteiger partial charge in [0, 0.05) is 5.69 Å². The zero-order chi connectivity index (χ0) is 20.6. The van der Waals surface area contributed by atoms with Crippen LogP contribution in [0.4, 0.5) is 5.69 Å².